The lowest BCUT2D eigenvalue weighted by atomic mass is 10.3. The molecule has 5 heteroatoms. The highest BCUT2D eigenvalue weighted by Crippen LogP contribution is 2.00. The average Bonchev–Trinajstić information content (AvgIpc) is 2.02. The van der Waals surface area contributed by atoms with Gasteiger partial charge >= 0.3 is 0 Å². The molecule has 0 fully saturated rings. The molecule has 0 bridgehead atoms. The molecule has 86 valence electrons. The fraction of sp³-hybridized carbons (Fsp3) is 1.00. The van der Waals surface area contributed by atoms with E-state index in [0.29, 0.717) is 19.0 Å². The van der Waals surface area contributed by atoms with Gasteiger partial charge in [-0.05, 0) is 33.6 Å². The first kappa shape index (κ1) is 14.1. The molecule has 0 aliphatic rings. The molecule has 0 aromatic heterocycles. The quantitative estimate of drug-likeness (QED) is 0.584. The van der Waals surface area contributed by atoms with Crippen LogP contribution in [0.15, 0.2) is 0 Å². The summed E-state index contributed by atoms with van der Waals surface area (Å²) in [7, 11) is 3.94. The molecule has 0 aromatic carbocycles. The molecule has 0 saturated heterocycles. The minimum Gasteiger partial charge on any atom is -0.309 e. The predicted octanol–water partition coefficient (Wildman–Crippen LogP) is 1.74. The second kappa shape index (κ2) is 8.38. The van der Waals surface area contributed by atoms with Gasteiger partial charge in [0.1, 0.15) is 0 Å². The molecule has 0 aromatic rings. The first-order valence-corrected chi connectivity index (χ1v) is 5.31. The number of halogens is 3. The summed E-state index contributed by atoms with van der Waals surface area (Å²) in [6, 6.07) is 0. The highest BCUT2D eigenvalue weighted by atomic mass is 35.5. The molecule has 0 saturated carbocycles. The number of nitrogens with zero attached hydrogens (tertiary/aromatic N) is 2. The normalized spacial score (nSPS) is 12.0. The molecular weight excluding hydrogens is 210 g/mol. The maximum atomic E-state index is 12.1. The fourth-order valence-corrected chi connectivity index (χ4v) is 1.46. The molecular formula is C9H19ClF2N2. The monoisotopic (exact) mass is 228 g/mol. The molecule has 0 amide bonds. The van der Waals surface area contributed by atoms with Gasteiger partial charge in [-0.3, -0.25) is 4.90 Å². The van der Waals surface area contributed by atoms with Crippen molar-refractivity contribution in [3.63, 3.8) is 0 Å². The molecule has 14 heavy (non-hydrogen) atoms. The molecule has 0 N–H and O–H groups in total. The Hall–Kier alpha value is 0.0700. The van der Waals surface area contributed by atoms with E-state index in [1.165, 1.54) is 0 Å². The molecule has 0 rings (SSSR count). The zero-order valence-corrected chi connectivity index (χ0v) is 9.60. The lowest BCUT2D eigenvalue weighted by Crippen LogP contribution is -2.33. The molecule has 0 unspecified atom stereocenters. The van der Waals surface area contributed by atoms with Crippen molar-refractivity contribution in [1.82, 2.24) is 9.80 Å². The van der Waals surface area contributed by atoms with Gasteiger partial charge in [0.05, 0.1) is 6.54 Å². The Labute approximate surface area is 89.8 Å². The van der Waals surface area contributed by atoms with Gasteiger partial charge in [0.15, 0.2) is 0 Å². The minimum atomic E-state index is -2.27. The van der Waals surface area contributed by atoms with Gasteiger partial charge < -0.3 is 4.90 Å². The molecule has 0 spiro atoms. The van der Waals surface area contributed by atoms with E-state index in [2.05, 4.69) is 0 Å². The van der Waals surface area contributed by atoms with Crippen molar-refractivity contribution in [1.29, 1.82) is 0 Å². The van der Waals surface area contributed by atoms with Crippen LogP contribution in [-0.2, 0) is 0 Å². The lowest BCUT2D eigenvalue weighted by molar-refractivity contribution is 0.0895. The van der Waals surface area contributed by atoms with Crippen molar-refractivity contribution in [2.75, 3.05) is 46.2 Å². The highest BCUT2D eigenvalue weighted by Gasteiger charge is 2.10. The Morgan fingerprint density at radius 1 is 1.14 bits per heavy atom. The van der Waals surface area contributed by atoms with Crippen LogP contribution >= 0.6 is 11.6 Å². The van der Waals surface area contributed by atoms with Crippen LogP contribution in [0.25, 0.3) is 0 Å². The van der Waals surface area contributed by atoms with Crippen LogP contribution in [0.5, 0.6) is 0 Å². The van der Waals surface area contributed by atoms with E-state index >= 15 is 0 Å². The summed E-state index contributed by atoms with van der Waals surface area (Å²) in [5.74, 6) is 0.411. The van der Waals surface area contributed by atoms with Crippen LogP contribution in [0.1, 0.15) is 6.42 Å². The third-order valence-electron chi connectivity index (χ3n) is 1.88. The van der Waals surface area contributed by atoms with Gasteiger partial charge in [-0.25, -0.2) is 8.78 Å². The van der Waals surface area contributed by atoms with Crippen LogP contribution in [0.3, 0.4) is 0 Å². The highest BCUT2D eigenvalue weighted by molar-refractivity contribution is 6.18. The zero-order chi connectivity index (χ0) is 11.0. The summed E-state index contributed by atoms with van der Waals surface area (Å²) in [4.78, 5) is 3.75. The first-order valence-electron chi connectivity index (χ1n) is 4.77. The average molecular weight is 229 g/mol. The van der Waals surface area contributed by atoms with E-state index in [-0.39, 0.29) is 6.54 Å². The van der Waals surface area contributed by atoms with Gasteiger partial charge in [-0.2, -0.15) is 0 Å². The van der Waals surface area contributed by atoms with Crippen molar-refractivity contribution in [3.8, 4) is 0 Å². The van der Waals surface area contributed by atoms with E-state index in [9.17, 15) is 8.78 Å². The van der Waals surface area contributed by atoms with Crippen LogP contribution in [-0.4, -0.2) is 62.4 Å². The Morgan fingerprint density at radius 3 is 2.21 bits per heavy atom. The summed E-state index contributed by atoms with van der Waals surface area (Å²) in [6.07, 6.45) is -1.37. The van der Waals surface area contributed by atoms with E-state index in [4.69, 9.17) is 11.6 Å². The molecule has 0 aliphatic heterocycles. The number of rotatable bonds is 8. The van der Waals surface area contributed by atoms with E-state index in [1.807, 2.05) is 19.0 Å². The topological polar surface area (TPSA) is 6.48 Å². The van der Waals surface area contributed by atoms with Gasteiger partial charge in [-0.15, -0.1) is 11.6 Å². The summed E-state index contributed by atoms with van der Waals surface area (Å²) >= 11 is 5.52. The maximum absolute atomic E-state index is 12.1. The molecule has 0 atom stereocenters. The van der Waals surface area contributed by atoms with Crippen molar-refractivity contribution in [2.45, 2.75) is 12.8 Å². The number of hydrogen-bond donors (Lipinski definition) is 0. The first-order chi connectivity index (χ1) is 6.56. The lowest BCUT2D eigenvalue weighted by Gasteiger charge is -2.21. The van der Waals surface area contributed by atoms with Gasteiger partial charge in [-0.1, -0.05) is 0 Å². The van der Waals surface area contributed by atoms with Crippen LogP contribution < -0.4 is 0 Å². The molecule has 0 aliphatic carbocycles. The summed E-state index contributed by atoms with van der Waals surface area (Å²) in [5, 5.41) is 0. The standard InChI is InChI=1S/C9H19ClF2N2/c1-13(2)5-3-6-14(7-4-10)8-9(11)12/h9H,3-8H2,1-2H3. The second-order valence-electron chi connectivity index (χ2n) is 3.54. The van der Waals surface area contributed by atoms with E-state index in [1.54, 1.807) is 4.90 Å². The van der Waals surface area contributed by atoms with Crippen molar-refractivity contribution < 1.29 is 8.78 Å². The molecule has 0 radical (unpaired) electrons. The summed E-state index contributed by atoms with van der Waals surface area (Å²) < 4.78 is 24.2. The Bertz CT molecular complexity index is 134. The third-order valence-corrected chi connectivity index (χ3v) is 2.05. The van der Waals surface area contributed by atoms with Crippen LogP contribution in [0.4, 0.5) is 8.78 Å². The van der Waals surface area contributed by atoms with Gasteiger partial charge in [0, 0.05) is 12.4 Å². The Kier molecular flexibility index (Phi) is 8.43. The maximum Gasteiger partial charge on any atom is 0.251 e. The minimum absolute atomic E-state index is 0.167. The van der Waals surface area contributed by atoms with E-state index in [0.717, 1.165) is 13.0 Å². The number of hydrogen-bond acceptors (Lipinski definition) is 2. The largest absolute Gasteiger partial charge is 0.309 e. The zero-order valence-electron chi connectivity index (χ0n) is 8.85. The smallest absolute Gasteiger partial charge is 0.251 e. The van der Waals surface area contributed by atoms with Crippen molar-refractivity contribution >= 4 is 11.6 Å². The van der Waals surface area contributed by atoms with Crippen LogP contribution in [0.2, 0.25) is 0 Å². The predicted molar refractivity (Wildman–Crippen MR) is 56.3 cm³/mol. The second-order valence-corrected chi connectivity index (χ2v) is 3.92. The third kappa shape index (κ3) is 8.66. The Morgan fingerprint density at radius 2 is 1.79 bits per heavy atom. The molecule has 0 heterocycles. The fourth-order valence-electron chi connectivity index (χ4n) is 1.22. The van der Waals surface area contributed by atoms with Gasteiger partial charge in [0.25, 0.3) is 6.43 Å². The van der Waals surface area contributed by atoms with Crippen LogP contribution in [0, 0.1) is 0 Å². The van der Waals surface area contributed by atoms with Gasteiger partial charge in [0.2, 0.25) is 0 Å². The SMILES string of the molecule is CN(C)CCCN(CCCl)CC(F)F. The van der Waals surface area contributed by atoms with E-state index < -0.39 is 6.43 Å². The van der Waals surface area contributed by atoms with Crippen molar-refractivity contribution in [3.05, 3.63) is 0 Å². The Balaban J connectivity index is 3.61. The molecule has 2 nitrogen and oxygen atoms in total. The van der Waals surface area contributed by atoms with Crippen molar-refractivity contribution in [2.24, 2.45) is 0 Å². The summed E-state index contributed by atoms with van der Waals surface area (Å²) in [6.45, 7) is 1.98. The number of alkyl halides is 3. The summed E-state index contributed by atoms with van der Waals surface area (Å²) in [5.41, 5.74) is 0.